The number of carbonyl (C=O) groups excluding carboxylic acids is 1. The molecule has 1 aliphatic rings. The number of fused-ring (bicyclic) bond motifs is 1. The Hall–Kier alpha value is -0.780. The minimum Gasteiger partial charge on any atom is -0.469 e. The van der Waals surface area contributed by atoms with Gasteiger partial charge in [0.15, 0.2) is 0 Å². The smallest absolute Gasteiger partial charge is 0.305 e. The maximum Gasteiger partial charge on any atom is 0.305 e. The molecule has 2 rings (SSSR count). The number of ether oxygens (including phenoxy) is 1. The number of halogens is 1. The first-order chi connectivity index (χ1) is 8.20. The number of rotatable bonds is 4. The van der Waals surface area contributed by atoms with E-state index in [-0.39, 0.29) is 5.97 Å². The standard InChI is InChI=1S/C13H16INO2/c1-17-13(16)3-2-7-15-8-6-10-4-5-11(14)9-12(10)15/h4-5,9H,2-3,6-8H2,1H3. The molecule has 0 fully saturated rings. The second-order valence-corrected chi connectivity index (χ2v) is 5.44. The van der Waals surface area contributed by atoms with Crippen molar-refractivity contribution in [2.24, 2.45) is 0 Å². The van der Waals surface area contributed by atoms with Crippen LogP contribution >= 0.6 is 22.6 Å². The van der Waals surface area contributed by atoms with Gasteiger partial charge in [-0.25, -0.2) is 0 Å². The molecule has 0 aliphatic carbocycles. The summed E-state index contributed by atoms with van der Waals surface area (Å²) in [5.41, 5.74) is 2.75. The normalized spacial score (nSPS) is 13.6. The highest BCUT2D eigenvalue weighted by Gasteiger charge is 2.18. The van der Waals surface area contributed by atoms with Crippen LogP contribution in [0.3, 0.4) is 0 Å². The molecule has 0 atom stereocenters. The zero-order valence-electron chi connectivity index (χ0n) is 9.91. The third-order valence-corrected chi connectivity index (χ3v) is 3.75. The molecule has 0 bridgehead atoms. The Balaban J connectivity index is 1.93. The molecule has 4 heteroatoms. The zero-order valence-corrected chi connectivity index (χ0v) is 12.1. The lowest BCUT2D eigenvalue weighted by Gasteiger charge is -2.19. The second kappa shape index (κ2) is 5.71. The second-order valence-electron chi connectivity index (χ2n) is 4.19. The summed E-state index contributed by atoms with van der Waals surface area (Å²) in [5, 5.41) is 0. The van der Waals surface area contributed by atoms with Crippen molar-refractivity contribution in [1.29, 1.82) is 0 Å². The molecule has 92 valence electrons. The van der Waals surface area contributed by atoms with Crippen molar-refractivity contribution in [3.8, 4) is 0 Å². The lowest BCUT2D eigenvalue weighted by Crippen LogP contribution is -2.22. The van der Waals surface area contributed by atoms with Gasteiger partial charge in [-0.05, 0) is 53.1 Å². The number of carbonyl (C=O) groups is 1. The molecule has 0 saturated carbocycles. The zero-order chi connectivity index (χ0) is 12.3. The SMILES string of the molecule is COC(=O)CCCN1CCc2ccc(I)cc21. The van der Waals surface area contributed by atoms with Gasteiger partial charge in [0.05, 0.1) is 7.11 Å². The molecule has 3 nitrogen and oxygen atoms in total. The summed E-state index contributed by atoms with van der Waals surface area (Å²) < 4.78 is 5.91. The Morgan fingerprint density at radius 3 is 3.12 bits per heavy atom. The van der Waals surface area contributed by atoms with E-state index in [9.17, 15) is 4.79 Å². The third kappa shape index (κ3) is 3.12. The predicted molar refractivity (Wildman–Crippen MR) is 76.3 cm³/mol. The fourth-order valence-corrected chi connectivity index (χ4v) is 2.64. The number of methoxy groups -OCH3 is 1. The average molecular weight is 345 g/mol. The van der Waals surface area contributed by atoms with Crippen molar-refractivity contribution < 1.29 is 9.53 Å². The highest BCUT2D eigenvalue weighted by molar-refractivity contribution is 14.1. The van der Waals surface area contributed by atoms with Crippen LogP contribution in [0, 0.1) is 3.57 Å². The van der Waals surface area contributed by atoms with Crippen molar-refractivity contribution >= 4 is 34.2 Å². The van der Waals surface area contributed by atoms with Gasteiger partial charge < -0.3 is 9.64 Å². The van der Waals surface area contributed by atoms with E-state index >= 15 is 0 Å². The number of nitrogens with zero attached hydrogens (tertiary/aromatic N) is 1. The van der Waals surface area contributed by atoms with Crippen molar-refractivity contribution in [3.05, 3.63) is 27.3 Å². The van der Waals surface area contributed by atoms with E-state index in [0.717, 1.165) is 25.9 Å². The topological polar surface area (TPSA) is 29.5 Å². The van der Waals surface area contributed by atoms with E-state index in [0.29, 0.717) is 6.42 Å². The fourth-order valence-electron chi connectivity index (χ4n) is 2.17. The molecule has 0 amide bonds. The molecule has 0 unspecified atom stereocenters. The monoisotopic (exact) mass is 345 g/mol. The minimum absolute atomic E-state index is 0.118. The number of esters is 1. The van der Waals surface area contributed by atoms with Crippen LogP contribution < -0.4 is 4.90 Å². The van der Waals surface area contributed by atoms with Gasteiger partial charge in [0.1, 0.15) is 0 Å². The summed E-state index contributed by atoms with van der Waals surface area (Å²) in [6, 6.07) is 6.58. The van der Waals surface area contributed by atoms with Gasteiger partial charge in [-0.2, -0.15) is 0 Å². The van der Waals surface area contributed by atoms with E-state index in [1.807, 2.05) is 0 Å². The van der Waals surface area contributed by atoms with Gasteiger partial charge in [0.2, 0.25) is 0 Å². The Kier molecular flexibility index (Phi) is 4.25. The van der Waals surface area contributed by atoms with Gasteiger partial charge in [-0.1, -0.05) is 6.07 Å². The van der Waals surface area contributed by atoms with Crippen molar-refractivity contribution in [2.75, 3.05) is 25.1 Å². The number of hydrogen-bond donors (Lipinski definition) is 0. The molecule has 1 aromatic rings. The number of benzene rings is 1. The van der Waals surface area contributed by atoms with Gasteiger partial charge in [-0.15, -0.1) is 0 Å². The van der Waals surface area contributed by atoms with E-state index < -0.39 is 0 Å². The molecule has 1 aliphatic heterocycles. The summed E-state index contributed by atoms with van der Waals surface area (Å²) in [6.45, 7) is 2.00. The molecular weight excluding hydrogens is 329 g/mol. The first kappa shape index (κ1) is 12.7. The van der Waals surface area contributed by atoms with Gasteiger partial charge in [0.25, 0.3) is 0 Å². The van der Waals surface area contributed by atoms with E-state index in [1.54, 1.807) is 0 Å². The largest absolute Gasteiger partial charge is 0.469 e. The van der Waals surface area contributed by atoms with Crippen LogP contribution in [0.1, 0.15) is 18.4 Å². The summed E-state index contributed by atoms with van der Waals surface area (Å²) in [5.74, 6) is -0.118. The first-order valence-electron chi connectivity index (χ1n) is 5.81. The molecular formula is C13H16INO2. The summed E-state index contributed by atoms with van der Waals surface area (Å²) in [6.07, 6.45) is 2.48. The van der Waals surface area contributed by atoms with Crippen LogP contribution in [-0.4, -0.2) is 26.2 Å². The molecule has 0 saturated heterocycles. The van der Waals surface area contributed by atoms with Crippen LogP contribution in [0.5, 0.6) is 0 Å². The van der Waals surface area contributed by atoms with Gasteiger partial charge in [-0.3, -0.25) is 4.79 Å². The maximum absolute atomic E-state index is 11.0. The van der Waals surface area contributed by atoms with Crippen molar-refractivity contribution in [3.63, 3.8) is 0 Å². The summed E-state index contributed by atoms with van der Waals surface area (Å²) >= 11 is 2.34. The highest BCUT2D eigenvalue weighted by Crippen LogP contribution is 2.29. The molecule has 17 heavy (non-hydrogen) atoms. The summed E-state index contributed by atoms with van der Waals surface area (Å²) in [7, 11) is 1.44. The summed E-state index contributed by atoms with van der Waals surface area (Å²) in [4.78, 5) is 13.4. The molecule has 0 N–H and O–H groups in total. The highest BCUT2D eigenvalue weighted by atomic mass is 127. The lowest BCUT2D eigenvalue weighted by atomic mass is 10.2. The Morgan fingerprint density at radius 2 is 2.35 bits per heavy atom. The quantitative estimate of drug-likeness (QED) is 0.621. The van der Waals surface area contributed by atoms with Crippen LogP contribution in [0.25, 0.3) is 0 Å². The minimum atomic E-state index is -0.118. The molecule has 0 spiro atoms. The molecule has 0 radical (unpaired) electrons. The first-order valence-corrected chi connectivity index (χ1v) is 6.89. The van der Waals surface area contributed by atoms with E-state index in [1.165, 1.54) is 21.9 Å². The fraction of sp³-hybridized carbons (Fsp3) is 0.462. The van der Waals surface area contributed by atoms with E-state index in [4.69, 9.17) is 0 Å². The predicted octanol–water partition coefficient (Wildman–Crippen LogP) is 2.61. The number of anilines is 1. The lowest BCUT2D eigenvalue weighted by molar-refractivity contribution is -0.140. The maximum atomic E-state index is 11.0. The van der Waals surface area contributed by atoms with Crippen LogP contribution in [-0.2, 0) is 16.0 Å². The Morgan fingerprint density at radius 1 is 1.53 bits per heavy atom. The van der Waals surface area contributed by atoms with Gasteiger partial charge >= 0.3 is 5.97 Å². The average Bonchev–Trinajstić information content (AvgIpc) is 2.72. The van der Waals surface area contributed by atoms with Crippen molar-refractivity contribution in [1.82, 2.24) is 0 Å². The van der Waals surface area contributed by atoms with E-state index in [2.05, 4.69) is 50.4 Å². The molecule has 1 aromatic carbocycles. The molecule has 1 heterocycles. The van der Waals surface area contributed by atoms with Crippen LogP contribution in [0.2, 0.25) is 0 Å². The number of hydrogen-bond acceptors (Lipinski definition) is 3. The Labute approximate surface area is 115 Å². The van der Waals surface area contributed by atoms with Gasteiger partial charge in [0, 0.05) is 28.8 Å². The third-order valence-electron chi connectivity index (χ3n) is 3.08. The van der Waals surface area contributed by atoms with Crippen LogP contribution in [0.4, 0.5) is 5.69 Å². The Bertz CT molecular complexity index is 420. The molecule has 0 aromatic heterocycles. The van der Waals surface area contributed by atoms with Crippen molar-refractivity contribution in [2.45, 2.75) is 19.3 Å². The van der Waals surface area contributed by atoms with Crippen LogP contribution in [0.15, 0.2) is 18.2 Å².